The number of rotatable bonds is 2. The van der Waals surface area contributed by atoms with Gasteiger partial charge in [-0.2, -0.15) is 0 Å². The van der Waals surface area contributed by atoms with E-state index in [0.717, 1.165) is 43.4 Å². The van der Waals surface area contributed by atoms with Crippen LogP contribution in [0.5, 0.6) is 0 Å². The molecule has 1 N–H and O–H groups in total. The minimum Gasteiger partial charge on any atom is -0.388 e. The molecule has 0 aromatic heterocycles. The Morgan fingerprint density at radius 3 is 2.85 bits per heavy atom. The molecule has 1 saturated heterocycles. The van der Waals surface area contributed by atoms with Gasteiger partial charge >= 0.3 is 0 Å². The van der Waals surface area contributed by atoms with Crippen LogP contribution in [0.2, 0.25) is 0 Å². The number of aryl methyl sites for hydroxylation is 1. The second kappa shape index (κ2) is 5.45. The molecule has 0 bridgehead atoms. The largest absolute Gasteiger partial charge is 0.388 e. The molecule has 2 aliphatic rings. The van der Waals surface area contributed by atoms with Crippen molar-refractivity contribution in [1.82, 2.24) is 0 Å². The Kier molecular flexibility index (Phi) is 3.83. The van der Waals surface area contributed by atoms with Gasteiger partial charge in [0.1, 0.15) is 5.82 Å². The summed E-state index contributed by atoms with van der Waals surface area (Å²) >= 11 is 0. The predicted molar refractivity (Wildman–Crippen MR) is 76.0 cm³/mol. The standard InChI is InChI=1S/C17H23FO2/c1-12-4-5-14(18)10-15(12)16(19)13-6-9-20-17(11-13)7-2-3-8-17/h4-5,10,13,16,19H,2-3,6-9,11H2,1H3. The number of benzene rings is 1. The van der Waals surface area contributed by atoms with Crippen molar-refractivity contribution in [3.05, 3.63) is 35.1 Å². The van der Waals surface area contributed by atoms with Crippen LogP contribution in [0.4, 0.5) is 4.39 Å². The lowest BCUT2D eigenvalue weighted by atomic mass is 9.79. The monoisotopic (exact) mass is 278 g/mol. The van der Waals surface area contributed by atoms with Crippen LogP contribution in [0, 0.1) is 18.7 Å². The van der Waals surface area contributed by atoms with Crippen molar-refractivity contribution in [1.29, 1.82) is 0 Å². The van der Waals surface area contributed by atoms with Gasteiger partial charge in [0, 0.05) is 6.61 Å². The van der Waals surface area contributed by atoms with Crippen LogP contribution in [0.3, 0.4) is 0 Å². The van der Waals surface area contributed by atoms with E-state index < -0.39 is 6.10 Å². The molecule has 1 heterocycles. The molecule has 0 radical (unpaired) electrons. The Hall–Kier alpha value is -0.930. The fourth-order valence-corrected chi connectivity index (χ4v) is 3.89. The lowest BCUT2D eigenvalue weighted by molar-refractivity contribution is -0.113. The average molecular weight is 278 g/mol. The van der Waals surface area contributed by atoms with Gasteiger partial charge in [-0.25, -0.2) is 4.39 Å². The van der Waals surface area contributed by atoms with Crippen molar-refractivity contribution in [3.8, 4) is 0 Å². The van der Waals surface area contributed by atoms with Crippen molar-refractivity contribution in [3.63, 3.8) is 0 Å². The van der Waals surface area contributed by atoms with E-state index in [1.807, 2.05) is 6.92 Å². The number of hydrogen-bond acceptors (Lipinski definition) is 2. The minimum absolute atomic E-state index is 0.00880. The first-order valence-corrected chi connectivity index (χ1v) is 7.68. The van der Waals surface area contributed by atoms with Gasteiger partial charge in [0.25, 0.3) is 0 Å². The smallest absolute Gasteiger partial charge is 0.123 e. The van der Waals surface area contributed by atoms with Crippen LogP contribution < -0.4 is 0 Å². The first-order valence-electron chi connectivity index (χ1n) is 7.68. The van der Waals surface area contributed by atoms with Gasteiger partial charge in [-0.15, -0.1) is 0 Å². The summed E-state index contributed by atoms with van der Waals surface area (Å²) in [6, 6.07) is 4.68. The van der Waals surface area contributed by atoms with Gasteiger partial charge in [0.05, 0.1) is 11.7 Å². The van der Waals surface area contributed by atoms with E-state index in [2.05, 4.69) is 0 Å². The molecule has 1 saturated carbocycles. The van der Waals surface area contributed by atoms with Crippen molar-refractivity contribution in [2.24, 2.45) is 5.92 Å². The van der Waals surface area contributed by atoms with Crippen molar-refractivity contribution >= 4 is 0 Å². The molecule has 1 aliphatic carbocycles. The van der Waals surface area contributed by atoms with Crippen LogP contribution in [0.25, 0.3) is 0 Å². The second-order valence-electron chi connectivity index (χ2n) is 6.44. The maximum absolute atomic E-state index is 13.4. The zero-order valence-corrected chi connectivity index (χ0v) is 12.1. The third-order valence-electron chi connectivity index (χ3n) is 5.05. The Labute approximate surface area is 120 Å². The van der Waals surface area contributed by atoms with Crippen LogP contribution in [-0.2, 0) is 4.74 Å². The summed E-state index contributed by atoms with van der Waals surface area (Å²) in [7, 11) is 0. The molecule has 1 aromatic rings. The van der Waals surface area contributed by atoms with Crippen LogP contribution >= 0.6 is 0 Å². The predicted octanol–water partition coefficient (Wildman–Crippen LogP) is 3.91. The quantitative estimate of drug-likeness (QED) is 0.889. The van der Waals surface area contributed by atoms with Gasteiger partial charge in [-0.3, -0.25) is 0 Å². The molecule has 0 amide bonds. The summed E-state index contributed by atoms with van der Waals surface area (Å²) in [4.78, 5) is 0. The maximum atomic E-state index is 13.4. The lowest BCUT2D eigenvalue weighted by Crippen LogP contribution is -2.39. The molecule has 1 aliphatic heterocycles. The SMILES string of the molecule is Cc1ccc(F)cc1C(O)C1CCOC2(CCCC2)C1. The maximum Gasteiger partial charge on any atom is 0.123 e. The molecule has 2 unspecified atom stereocenters. The second-order valence-corrected chi connectivity index (χ2v) is 6.44. The summed E-state index contributed by atoms with van der Waals surface area (Å²) in [5.41, 5.74) is 1.70. The number of ether oxygens (including phenoxy) is 1. The van der Waals surface area contributed by atoms with Crippen molar-refractivity contribution < 1.29 is 14.2 Å². The highest BCUT2D eigenvalue weighted by molar-refractivity contribution is 5.29. The summed E-state index contributed by atoms with van der Waals surface area (Å²) in [5, 5.41) is 10.7. The number of aliphatic hydroxyl groups is 1. The summed E-state index contributed by atoms with van der Waals surface area (Å²) in [5.74, 6) is -0.0883. The van der Waals surface area contributed by atoms with E-state index in [9.17, 15) is 9.50 Å². The van der Waals surface area contributed by atoms with Crippen LogP contribution in [0.1, 0.15) is 55.8 Å². The van der Waals surface area contributed by atoms with E-state index >= 15 is 0 Å². The van der Waals surface area contributed by atoms with Gasteiger partial charge in [0.15, 0.2) is 0 Å². The molecule has 3 rings (SSSR count). The third-order valence-corrected chi connectivity index (χ3v) is 5.05. The molecule has 2 nitrogen and oxygen atoms in total. The van der Waals surface area contributed by atoms with Gasteiger partial charge in [-0.05, 0) is 61.8 Å². The van der Waals surface area contributed by atoms with E-state index in [4.69, 9.17) is 4.74 Å². The molecular formula is C17H23FO2. The lowest BCUT2D eigenvalue weighted by Gasteiger charge is -2.40. The van der Waals surface area contributed by atoms with Crippen molar-refractivity contribution in [2.75, 3.05) is 6.61 Å². The van der Waals surface area contributed by atoms with Gasteiger partial charge in [-0.1, -0.05) is 18.9 Å². The molecule has 110 valence electrons. The Morgan fingerprint density at radius 2 is 2.10 bits per heavy atom. The zero-order chi connectivity index (χ0) is 14.2. The summed E-state index contributed by atoms with van der Waals surface area (Å²) < 4.78 is 19.4. The van der Waals surface area contributed by atoms with Gasteiger partial charge in [0.2, 0.25) is 0 Å². The third kappa shape index (κ3) is 2.61. The Bertz CT molecular complexity index is 480. The molecular weight excluding hydrogens is 255 g/mol. The fourth-order valence-electron chi connectivity index (χ4n) is 3.89. The summed E-state index contributed by atoms with van der Waals surface area (Å²) in [6.07, 6.45) is 5.86. The van der Waals surface area contributed by atoms with E-state index in [1.165, 1.54) is 25.0 Å². The van der Waals surface area contributed by atoms with Crippen molar-refractivity contribution in [2.45, 2.75) is 57.2 Å². The fraction of sp³-hybridized carbons (Fsp3) is 0.647. The molecule has 1 aromatic carbocycles. The first kappa shape index (κ1) is 14.0. The molecule has 1 spiro atoms. The Balaban J connectivity index is 1.79. The zero-order valence-electron chi connectivity index (χ0n) is 12.1. The average Bonchev–Trinajstić information content (AvgIpc) is 2.88. The van der Waals surface area contributed by atoms with Crippen LogP contribution in [-0.4, -0.2) is 17.3 Å². The highest BCUT2D eigenvalue weighted by Crippen LogP contribution is 2.45. The minimum atomic E-state index is -0.577. The number of aliphatic hydroxyl groups excluding tert-OH is 1. The molecule has 20 heavy (non-hydrogen) atoms. The number of hydrogen-bond donors (Lipinski definition) is 1. The summed E-state index contributed by atoms with van der Waals surface area (Å²) in [6.45, 7) is 2.65. The van der Waals surface area contributed by atoms with Crippen LogP contribution in [0.15, 0.2) is 18.2 Å². The highest BCUT2D eigenvalue weighted by Gasteiger charge is 2.42. The highest BCUT2D eigenvalue weighted by atomic mass is 19.1. The first-order chi connectivity index (χ1) is 9.60. The molecule has 2 atom stereocenters. The molecule has 3 heteroatoms. The van der Waals surface area contributed by atoms with Gasteiger partial charge < -0.3 is 9.84 Å². The normalized spacial score (nSPS) is 26.9. The number of halogens is 1. The topological polar surface area (TPSA) is 29.5 Å². The van der Waals surface area contributed by atoms with E-state index in [1.54, 1.807) is 6.07 Å². The van der Waals surface area contributed by atoms with E-state index in [-0.39, 0.29) is 17.3 Å². The van der Waals surface area contributed by atoms with E-state index in [0.29, 0.717) is 0 Å². The Morgan fingerprint density at radius 1 is 1.35 bits per heavy atom. The molecule has 2 fully saturated rings.